The quantitative estimate of drug-likeness (QED) is 0.895. The normalized spacial score (nSPS) is 20.1. The fourth-order valence-corrected chi connectivity index (χ4v) is 3.69. The van der Waals surface area contributed by atoms with Gasteiger partial charge in [0, 0.05) is 27.6 Å². The Balaban J connectivity index is 2.45. The Morgan fingerprint density at radius 3 is 3.13 bits per heavy atom. The second-order valence-electron chi connectivity index (χ2n) is 3.55. The fraction of sp³-hybridized carbons (Fsp3) is 0.455. The molecule has 0 amide bonds. The lowest BCUT2D eigenvalue weighted by molar-refractivity contribution is 0.570. The van der Waals surface area contributed by atoms with Gasteiger partial charge in [-0.1, -0.05) is 22.9 Å². The van der Waals surface area contributed by atoms with Gasteiger partial charge in [-0.15, -0.1) is 0 Å². The van der Waals surface area contributed by atoms with E-state index in [1.54, 1.807) is 17.8 Å². The highest BCUT2D eigenvalue weighted by Crippen LogP contribution is 2.37. The van der Waals surface area contributed by atoms with Gasteiger partial charge in [-0.2, -0.15) is 11.8 Å². The van der Waals surface area contributed by atoms with Gasteiger partial charge in [0.25, 0.3) is 0 Å². The van der Waals surface area contributed by atoms with E-state index < -0.39 is 0 Å². The zero-order valence-electron chi connectivity index (χ0n) is 8.52. The zero-order valence-corrected chi connectivity index (χ0v) is 10.9. The lowest BCUT2D eigenvalue weighted by atomic mass is 10.0. The van der Waals surface area contributed by atoms with E-state index in [-0.39, 0.29) is 11.9 Å². The Kier molecular flexibility index (Phi) is 3.69. The van der Waals surface area contributed by atoms with Crippen LogP contribution >= 0.6 is 27.7 Å². The van der Waals surface area contributed by atoms with Gasteiger partial charge in [-0.05, 0) is 24.2 Å². The van der Waals surface area contributed by atoms with Crippen LogP contribution in [0.15, 0.2) is 16.6 Å². The number of thioether (sulfide) groups is 1. The van der Waals surface area contributed by atoms with Crippen molar-refractivity contribution in [3.05, 3.63) is 33.5 Å². The average molecular weight is 290 g/mol. The lowest BCUT2D eigenvalue weighted by Gasteiger charge is -2.27. The predicted octanol–water partition coefficient (Wildman–Crippen LogP) is 3.49. The van der Waals surface area contributed by atoms with Crippen molar-refractivity contribution in [1.82, 2.24) is 5.32 Å². The SMILES string of the molecule is CCNC1CSCc2c(F)ccc(Br)c21. The molecule has 1 N–H and O–H groups in total. The summed E-state index contributed by atoms with van der Waals surface area (Å²) < 4.78 is 14.6. The Bertz CT molecular complexity index is 370. The van der Waals surface area contributed by atoms with Crippen LogP contribution in [0.4, 0.5) is 4.39 Å². The van der Waals surface area contributed by atoms with Crippen molar-refractivity contribution >= 4 is 27.7 Å². The van der Waals surface area contributed by atoms with Crippen LogP contribution in [0.1, 0.15) is 24.1 Å². The highest BCUT2D eigenvalue weighted by molar-refractivity contribution is 9.10. The van der Waals surface area contributed by atoms with Gasteiger partial charge in [0.2, 0.25) is 0 Å². The molecule has 1 nitrogen and oxygen atoms in total. The highest BCUT2D eigenvalue weighted by atomic mass is 79.9. The molecule has 0 bridgehead atoms. The van der Waals surface area contributed by atoms with E-state index in [1.165, 1.54) is 6.07 Å². The van der Waals surface area contributed by atoms with Gasteiger partial charge in [0.15, 0.2) is 0 Å². The second-order valence-corrected chi connectivity index (χ2v) is 5.43. The number of halogens is 2. The van der Waals surface area contributed by atoms with E-state index in [9.17, 15) is 4.39 Å². The minimum atomic E-state index is -0.0803. The summed E-state index contributed by atoms with van der Waals surface area (Å²) in [5.74, 6) is 1.72. The monoisotopic (exact) mass is 289 g/mol. The van der Waals surface area contributed by atoms with Crippen LogP contribution in [0.25, 0.3) is 0 Å². The second kappa shape index (κ2) is 4.85. The number of rotatable bonds is 2. The summed E-state index contributed by atoms with van der Waals surface area (Å²) >= 11 is 5.30. The third kappa shape index (κ3) is 2.22. The maximum Gasteiger partial charge on any atom is 0.127 e. The van der Waals surface area contributed by atoms with Gasteiger partial charge in [-0.3, -0.25) is 0 Å². The fourth-order valence-electron chi connectivity index (χ4n) is 1.90. The van der Waals surface area contributed by atoms with Crippen LogP contribution in [0, 0.1) is 5.82 Å². The molecule has 1 aromatic carbocycles. The minimum absolute atomic E-state index is 0.0803. The topological polar surface area (TPSA) is 12.0 Å². The van der Waals surface area contributed by atoms with Crippen molar-refractivity contribution in [1.29, 1.82) is 0 Å². The molecular formula is C11H13BrFNS. The number of benzene rings is 1. The van der Waals surface area contributed by atoms with Crippen molar-refractivity contribution in [2.75, 3.05) is 12.3 Å². The Morgan fingerprint density at radius 2 is 2.40 bits per heavy atom. The third-order valence-electron chi connectivity index (χ3n) is 2.58. The first kappa shape index (κ1) is 11.4. The number of hydrogen-bond acceptors (Lipinski definition) is 2. The third-order valence-corrected chi connectivity index (χ3v) is 4.33. The van der Waals surface area contributed by atoms with Crippen molar-refractivity contribution in [3.8, 4) is 0 Å². The van der Waals surface area contributed by atoms with E-state index in [0.717, 1.165) is 33.7 Å². The molecule has 0 saturated heterocycles. The Labute approximate surface area is 102 Å². The molecule has 1 aliphatic rings. The summed E-state index contributed by atoms with van der Waals surface area (Å²) in [7, 11) is 0. The standard InChI is InChI=1S/C11H13BrFNS/c1-2-14-10-6-15-5-7-9(13)4-3-8(12)11(7)10/h3-4,10,14H,2,5-6H2,1H3. The van der Waals surface area contributed by atoms with Gasteiger partial charge >= 0.3 is 0 Å². The van der Waals surface area contributed by atoms with Gasteiger partial charge in [-0.25, -0.2) is 4.39 Å². The van der Waals surface area contributed by atoms with Crippen LogP contribution in [0.5, 0.6) is 0 Å². The summed E-state index contributed by atoms with van der Waals surface area (Å²) in [5, 5.41) is 3.39. The van der Waals surface area contributed by atoms with E-state index in [2.05, 4.69) is 28.2 Å². The van der Waals surface area contributed by atoms with Crippen LogP contribution in [0.3, 0.4) is 0 Å². The molecule has 0 aromatic heterocycles. The van der Waals surface area contributed by atoms with Gasteiger partial charge in [0.05, 0.1) is 0 Å². The number of fused-ring (bicyclic) bond motifs is 1. The first-order chi connectivity index (χ1) is 7.24. The Morgan fingerprint density at radius 1 is 1.60 bits per heavy atom. The molecule has 0 fully saturated rings. The number of hydrogen-bond donors (Lipinski definition) is 1. The molecule has 1 atom stereocenters. The molecule has 15 heavy (non-hydrogen) atoms. The summed E-state index contributed by atoms with van der Waals surface area (Å²) in [4.78, 5) is 0. The first-order valence-corrected chi connectivity index (χ1v) is 6.96. The summed E-state index contributed by atoms with van der Waals surface area (Å²) in [6.45, 7) is 2.99. The molecule has 1 heterocycles. The van der Waals surface area contributed by atoms with Crippen LogP contribution in [0.2, 0.25) is 0 Å². The summed E-state index contributed by atoms with van der Waals surface area (Å²) in [6, 6.07) is 3.61. The zero-order chi connectivity index (χ0) is 10.8. The molecular weight excluding hydrogens is 277 g/mol. The molecule has 1 aromatic rings. The summed E-state index contributed by atoms with van der Waals surface area (Å²) in [6.07, 6.45) is 0. The van der Waals surface area contributed by atoms with Crippen molar-refractivity contribution < 1.29 is 4.39 Å². The first-order valence-electron chi connectivity index (χ1n) is 5.02. The molecule has 4 heteroatoms. The van der Waals surface area contributed by atoms with Crippen LogP contribution < -0.4 is 5.32 Å². The molecule has 0 radical (unpaired) electrons. The maximum absolute atomic E-state index is 13.6. The predicted molar refractivity (Wildman–Crippen MR) is 66.7 cm³/mol. The molecule has 0 spiro atoms. The van der Waals surface area contributed by atoms with E-state index >= 15 is 0 Å². The van der Waals surface area contributed by atoms with Crippen LogP contribution in [-0.4, -0.2) is 12.3 Å². The summed E-state index contributed by atoms with van der Waals surface area (Å²) in [5.41, 5.74) is 1.96. The van der Waals surface area contributed by atoms with E-state index in [4.69, 9.17) is 0 Å². The smallest absolute Gasteiger partial charge is 0.127 e. The van der Waals surface area contributed by atoms with Gasteiger partial charge in [0.1, 0.15) is 5.82 Å². The average Bonchev–Trinajstić information content (AvgIpc) is 2.24. The van der Waals surface area contributed by atoms with E-state index in [1.807, 2.05) is 0 Å². The van der Waals surface area contributed by atoms with Gasteiger partial charge < -0.3 is 5.32 Å². The van der Waals surface area contributed by atoms with Crippen molar-refractivity contribution in [2.24, 2.45) is 0 Å². The largest absolute Gasteiger partial charge is 0.309 e. The minimum Gasteiger partial charge on any atom is -0.309 e. The molecule has 2 rings (SSSR count). The molecule has 82 valence electrons. The Hall–Kier alpha value is -0.0600. The van der Waals surface area contributed by atoms with Crippen molar-refractivity contribution in [2.45, 2.75) is 18.7 Å². The molecule has 1 aliphatic heterocycles. The van der Waals surface area contributed by atoms with E-state index in [0.29, 0.717) is 0 Å². The van der Waals surface area contributed by atoms with Crippen LogP contribution in [-0.2, 0) is 5.75 Å². The molecule has 0 aliphatic carbocycles. The molecule has 0 saturated carbocycles. The van der Waals surface area contributed by atoms with Crippen molar-refractivity contribution in [3.63, 3.8) is 0 Å². The lowest BCUT2D eigenvalue weighted by Crippen LogP contribution is -2.27. The maximum atomic E-state index is 13.6. The number of nitrogens with one attached hydrogen (secondary N) is 1. The highest BCUT2D eigenvalue weighted by Gasteiger charge is 2.24. The molecule has 1 unspecified atom stereocenters.